The lowest BCUT2D eigenvalue weighted by Crippen LogP contribution is -2.00. The molecule has 12 aromatic rings. The third-order valence-corrected chi connectivity index (χ3v) is 12.2. The molecule has 0 aliphatic heterocycles. The quantitative estimate of drug-likeness (QED) is 0.176. The minimum absolute atomic E-state index is 0.606. The van der Waals surface area contributed by atoms with Gasteiger partial charge in [-0.05, 0) is 71.8 Å². The number of fused-ring (bicyclic) bond motifs is 9. The normalized spacial score (nSPS) is 11.9. The standard InChI is InChI=1S/C51H30N4OS/c1-3-12-31(13-4-1)32-14-11-15-33(26-32)49-52-50(54-51(53-49)35-22-24-39-38-19-8-10-21-47(38)57-48(39)28-35)34-23-25-45-41(27-34)42-29-40-37-18-7-9-20-43(37)55(36-16-5-2-6-17-36)44(40)30-46(42)56-45/h1-30H. The van der Waals surface area contributed by atoms with Crippen LogP contribution in [0.2, 0.25) is 0 Å². The summed E-state index contributed by atoms with van der Waals surface area (Å²) >= 11 is 1.79. The van der Waals surface area contributed by atoms with E-state index in [1.54, 1.807) is 11.3 Å². The van der Waals surface area contributed by atoms with Gasteiger partial charge in [-0.15, -0.1) is 11.3 Å². The van der Waals surface area contributed by atoms with Gasteiger partial charge in [0.05, 0.1) is 11.0 Å². The smallest absolute Gasteiger partial charge is 0.164 e. The van der Waals surface area contributed by atoms with E-state index < -0.39 is 0 Å². The van der Waals surface area contributed by atoms with Crippen LogP contribution in [0, 0.1) is 0 Å². The fourth-order valence-electron chi connectivity index (χ4n) is 8.33. The number of nitrogens with zero attached hydrogens (tertiary/aromatic N) is 4. The topological polar surface area (TPSA) is 56.7 Å². The van der Waals surface area contributed by atoms with Crippen molar-refractivity contribution >= 4 is 75.3 Å². The predicted octanol–water partition coefficient (Wildman–Crippen LogP) is 13.9. The fraction of sp³-hybridized carbons (Fsp3) is 0. The molecule has 0 saturated carbocycles. The second kappa shape index (κ2) is 12.6. The molecule has 0 amide bonds. The van der Waals surface area contributed by atoms with E-state index >= 15 is 0 Å². The number of furan rings is 1. The SMILES string of the molecule is c1ccc(-c2cccc(-c3nc(-c4ccc5c(c4)sc4ccccc45)nc(-c4ccc5oc6cc7c(cc6c5c4)c4ccccc4n7-c4ccccc4)n3)c2)cc1. The third-order valence-electron chi connectivity index (χ3n) is 11.0. The number of hydrogen-bond acceptors (Lipinski definition) is 5. The van der Waals surface area contributed by atoms with Crippen LogP contribution in [-0.4, -0.2) is 19.5 Å². The van der Waals surface area contributed by atoms with Crippen molar-refractivity contribution in [3.05, 3.63) is 182 Å². The van der Waals surface area contributed by atoms with Crippen molar-refractivity contribution < 1.29 is 4.42 Å². The van der Waals surface area contributed by atoms with Crippen LogP contribution in [-0.2, 0) is 0 Å². The van der Waals surface area contributed by atoms with Crippen LogP contribution in [0.5, 0.6) is 0 Å². The zero-order chi connectivity index (χ0) is 37.5. The maximum atomic E-state index is 6.58. The lowest BCUT2D eigenvalue weighted by molar-refractivity contribution is 0.669. The summed E-state index contributed by atoms with van der Waals surface area (Å²) in [5.74, 6) is 1.86. The van der Waals surface area contributed by atoms with E-state index in [1.165, 1.54) is 30.9 Å². The molecular weight excluding hydrogens is 717 g/mol. The van der Waals surface area contributed by atoms with Gasteiger partial charge in [-0.2, -0.15) is 0 Å². The van der Waals surface area contributed by atoms with E-state index in [-0.39, 0.29) is 0 Å². The minimum atomic E-state index is 0.606. The van der Waals surface area contributed by atoms with Crippen molar-refractivity contribution in [2.75, 3.05) is 0 Å². The first kappa shape index (κ1) is 31.9. The number of thiophene rings is 1. The zero-order valence-corrected chi connectivity index (χ0v) is 31.2. The van der Waals surface area contributed by atoms with Crippen LogP contribution in [0.3, 0.4) is 0 Å². The number of benzene rings is 8. The second-order valence-electron chi connectivity index (χ2n) is 14.4. The van der Waals surface area contributed by atoms with Gasteiger partial charge < -0.3 is 8.98 Å². The third kappa shape index (κ3) is 5.19. The van der Waals surface area contributed by atoms with Crippen molar-refractivity contribution in [2.24, 2.45) is 0 Å². The highest BCUT2D eigenvalue weighted by Gasteiger charge is 2.19. The van der Waals surface area contributed by atoms with E-state index in [2.05, 4.69) is 174 Å². The molecule has 8 aromatic carbocycles. The van der Waals surface area contributed by atoms with E-state index in [0.717, 1.165) is 66.5 Å². The van der Waals surface area contributed by atoms with E-state index in [1.807, 2.05) is 12.1 Å². The Labute approximate surface area is 330 Å². The highest BCUT2D eigenvalue weighted by atomic mass is 32.1. The van der Waals surface area contributed by atoms with Gasteiger partial charge in [0.25, 0.3) is 0 Å². The van der Waals surface area contributed by atoms with Gasteiger partial charge in [0.1, 0.15) is 11.2 Å². The van der Waals surface area contributed by atoms with Crippen LogP contribution < -0.4 is 0 Å². The Bertz CT molecular complexity index is 3530. The summed E-state index contributed by atoms with van der Waals surface area (Å²) in [6, 6.07) is 63.8. The summed E-state index contributed by atoms with van der Waals surface area (Å²) in [6.45, 7) is 0. The summed E-state index contributed by atoms with van der Waals surface area (Å²) in [5, 5.41) is 6.94. The first-order chi connectivity index (χ1) is 28.2. The molecule has 0 N–H and O–H groups in total. The van der Waals surface area contributed by atoms with Crippen LogP contribution in [0.25, 0.3) is 115 Å². The average molecular weight is 747 g/mol. The number of rotatable bonds is 5. The van der Waals surface area contributed by atoms with E-state index in [9.17, 15) is 0 Å². The highest BCUT2D eigenvalue weighted by molar-refractivity contribution is 7.25. The summed E-state index contributed by atoms with van der Waals surface area (Å²) in [4.78, 5) is 15.5. The molecule has 0 aliphatic rings. The van der Waals surface area contributed by atoms with Gasteiger partial charge in [-0.3, -0.25) is 0 Å². The summed E-state index contributed by atoms with van der Waals surface area (Å²) in [5.41, 5.74) is 10.0. The Morgan fingerprint density at radius 2 is 0.965 bits per heavy atom. The van der Waals surface area contributed by atoms with Gasteiger partial charge in [0.2, 0.25) is 0 Å². The first-order valence-electron chi connectivity index (χ1n) is 19.0. The van der Waals surface area contributed by atoms with Crippen molar-refractivity contribution in [3.8, 4) is 51.0 Å². The average Bonchev–Trinajstić information content (AvgIpc) is 3.94. The molecule has 266 valence electrons. The fourth-order valence-corrected chi connectivity index (χ4v) is 9.48. The number of aromatic nitrogens is 4. The molecule has 0 fully saturated rings. The summed E-state index contributed by atoms with van der Waals surface area (Å²) < 4.78 is 11.4. The minimum Gasteiger partial charge on any atom is -0.456 e. The molecule has 0 aliphatic carbocycles. The first-order valence-corrected chi connectivity index (χ1v) is 19.8. The van der Waals surface area contributed by atoms with Crippen LogP contribution >= 0.6 is 11.3 Å². The van der Waals surface area contributed by atoms with Crippen LogP contribution in [0.15, 0.2) is 186 Å². The maximum Gasteiger partial charge on any atom is 0.164 e. The van der Waals surface area contributed by atoms with Crippen molar-refractivity contribution in [3.63, 3.8) is 0 Å². The van der Waals surface area contributed by atoms with Crippen molar-refractivity contribution in [2.45, 2.75) is 0 Å². The molecule has 0 spiro atoms. The maximum absolute atomic E-state index is 6.58. The molecule has 57 heavy (non-hydrogen) atoms. The summed E-state index contributed by atoms with van der Waals surface area (Å²) in [7, 11) is 0. The molecule has 12 rings (SSSR count). The molecular formula is C51H30N4OS. The zero-order valence-electron chi connectivity index (χ0n) is 30.4. The summed E-state index contributed by atoms with van der Waals surface area (Å²) in [6.07, 6.45) is 0. The Morgan fingerprint density at radius 1 is 0.351 bits per heavy atom. The van der Waals surface area contributed by atoms with Crippen molar-refractivity contribution in [1.29, 1.82) is 0 Å². The molecule has 5 nitrogen and oxygen atoms in total. The second-order valence-corrected chi connectivity index (χ2v) is 15.5. The molecule has 0 radical (unpaired) electrons. The molecule has 0 unspecified atom stereocenters. The largest absolute Gasteiger partial charge is 0.456 e. The molecule has 0 atom stereocenters. The van der Waals surface area contributed by atoms with Gasteiger partial charge in [-0.25, -0.2) is 15.0 Å². The Balaban J connectivity index is 1.05. The van der Waals surface area contributed by atoms with E-state index in [4.69, 9.17) is 19.4 Å². The Kier molecular flexibility index (Phi) is 7.03. The monoisotopic (exact) mass is 746 g/mol. The van der Waals surface area contributed by atoms with Crippen LogP contribution in [0.4, 0.5) is 0 Å². The highest BCUT2D eigenvalue weighted by Crippen LogP contribution is 2.40. The number of hydrogen-bond donors (Lipinski definition) is 0. The molecule has 0 bridgehead atoms. The van der Waals surface area contributed by atoms with Gasteiger partial charge in [0, 0.05) is 70.2 Å². The molecule has 4 heterocycles. The lowest BCUT2D eigenvalue weighted by atomic mass is 10.0. The van der Waals surface area contributed by atoms with Gasteiger partial charge >= 0.3 is 0 Å². The van der Waals surface area contributed by atoms with Gasteiger partial charge in [-0.1, -0.05) is 115 Å². The number of para-hydroxylation sites is 2. The predicted molar refractivity (Wildman–Crippen MR) is 236 cm³/mol. The van der Waals surface area contributed by atoms with Crippen molar-refractivity contribution in [1.82, 2.24) is 19.5 Å². The van der Waals surface area contributed by atoms with E-state index in [0.29, 0.717) is 17.5 Å². The Morgan fingerprint density at radius 3 is 1.79 bits per heavy atom. The molecule has 0 saturated heterocycles. The lowest BCUT2D eigenvalue weighted by Gasteiger charge is -2.10. The molecule has 6 heteroatoms. The Hall–Kier alpha value is -7.41. The van der Waals surface area contributed by atoms with Crippen LogP contribution in [0.1, 0.15) is 0 Å². The van der Waals surface area contributed by atoms with Gasteiger partial charge in [0.15, 0.2) is 17.5 Å². The molecule has 4 aromatic heterocycles.